The molecular formula is C26H29ClFN5O5. The highest BCUT2D eigenvalue weighted by Gasteiger charge is 2.43. The minimum atomic E-state index is -1.42. The maximum absolute atomic E-state index is 15.1. The number of nitrogens with one attached hydrogen (secondary N) is 1. The number of piperazine rings is 1. The van der Waals surface area contributed by atoms with Gasteiger partial charge in [-0.15, -0.1) is 0 Å². The Bertz CT molecular complexity index is 1240. The van der Waals surface area contributed by atoms with Gasteiger partial charge in [0, 0.05) is 56.5 Å². The molecule has 0 saturated carbocycles. The summed E-state index contributed by atoms with van der Waals surface area (Å²) in [5.74, 6) is -1.09. The van der Waals surface area contributed by atoms with Crippen LogP contribution in [0.4, 0.5) is 20.6 Å². The lowest BCUT2D eigenvalue weighted by Crippen LogP contribution is -2.53. The third-order valence-electron chi connectivity index (χ3n) is 6.52. The van der Waals surface area contributed by atoms with Gasteiger partial charge in [-0.2, -0.15) is 0 Å². The van der Waals surface area contributed by atoms with Crippen molar-refractivity contribution in [2.24, 2.45) is 5.73 Å². The van der Waals surface area contributed by atoms with E-state index in [0.717, 1.165) is 0 Å². The van der Waals surface area contributed by atoms with Gasteiger partial charge in [0.1, 0.15) is 5.82 Å². The predicted molar refractivity (Wildman–Crippen MR) is 140 cm³/mol. The maximum atomic E-state index is 15.1. The topological polar surface area (TPSA) is 125 Å². The fraction of sp³-hybridized carbons (Fsp3) is 0.385. The molecule has 2 heterocycles. The van der Waals surface area contributed by atoms with E-state index in [2.05, 4.69) is 5.32 Å². The van der Waals surface area contributed by atoms with Crippen molar-refractivity contribution < 1.29 is 28.3 Å². The number of Topliss-reactive ketones (excluding diaryl/α,β-unsaturated/α-hetero) is 1. The average molecular weight is 546 g/mol. The van der Waals surface area contributed by atoms with E-state index in [1.807, 2.05) is 4.90 Å². The molecule has 0 bridgehead atoms. The van der Waals surface area contributed by atoms with Crippen molar-refractivity contribution in [1.29, 1.82) is 0 Å². The molecule has 2 aliphatic heterocycles. The van der Waals surface area contributed by atoms with Crippen molar-refractivity contribution in [1.82, 2.24) is 10.2 Å². The molecule has 10 nitrogen and oxygen atoms in total. The first-order valence-electron chi connectivity index (χ1n) is 12.2. The highest BCUT2D eigenvalue weighted by Crippen LogP contribution is 2.30. The fourth-order valence-corrected chi connectivity index (χ4v) is 4.56. The van der Waals surface area contributed by atoms with Crippen molar-refractivity contribution in [3.8, 4) is 0 Å². The number of carbonyl (C=O) groups is 4. The molecular weight excluding hydrogens is 517 g/mol. The van der Waals surface area contributed by atoms with Gasteiger partial charge in [-0.05, 0) is 42.5 Å². The molecule has 0 aliphatic carbocycles. The lowest BCUT2D eigenvalue weighted by Gasteiger charge is -2.36. The van der Waals surface area contributed by atoms with Crippen LogP contribution in [0, 0.1) is 5.82 Å². The van der Waals surface area contributed by atoms with Crippen LogP contribution in [0.1, 0.15) is 30.1 Å². The molecule has 4 rings (SSSR count). The Morgan fingerprint density at radius 2 is 1.76 bits per heavy atom. The first-order chi connectivity index (χ1) is 18.0. The Morgan fingerprint density at radius 3 is 2.39 bits per heavy atom. The van der Waals surface area contributed by atoms with Crippen molar-refractivity contribution in [3.63, 3.8) is 0 Å². The smallest absolute Gasteiger partial charge is 0.416 e. The number of hydrogen-bond acceptors (Lipinski definition) is 7. The molecule has 12 heteroatoms. The highest BCUT2D eigenvalue weighted by molar-refractivity contribution is 6.30. The highest BCUT2D eigenvalue weighted by atomic mass is 35.5. The first-order valence-corrected chi connectivity index (χ1v) is 12.6. The molecule has 2 saturated heterocycles. The number of amides is 3. The van der Waals surface area contributed by atoms with Gasteiger partial charge in [0.2, 0.25) is 11.8 Å². The summed E-state index contributed by atoms with van der Waals surface area (Å²) in [5.41, 5.74) is 5.79. The number of nitrogens with zero attached hydrogens (tertiary/aromatic N) is 3. The van der Waals surface area contributed by atoms with Gasteiger partial charge in [-0.3, -0.25) is 25.0 Å². The summed E-state index contributed by atoms with van der Waals surface area (Å²) in [7, 11) is 0. The molecule has 0 aromatic heterocycles. The van der Waals surface area contributed by atoms with Crippen LogP contribution < -0.4 is 20.9 Å². The van der Waals surface area contributed by atoms with E-state index < -0.39 is 17.6 Å². The zero-order valence-electron chi connectivity index (χ0n) is 20.9. The number of benzene rings is 2. The van der Waals surface area contributed by atoms with Crippen LogP contribution in [0.25, 0.3) is 0 Å². The Labute approximate surface area is 224 Å². The maximum Gasteiger partial charge on any atom is 0.416 e. The number of hydrogen-bond donors (Lipinski definition) is 2. The van der Waals surface area contributed by atoms with Crippen LogP contribution in [0.5, 0.6) is 0 Å². The van der Waals surface area contributed by atoms with E-state index in [9.17, 15) is 19.2 Å². The van der Waals surface area contributed by atoms with Gasteiger partial charge < -0.3 is 19.9 Å². The number of anilines is 2. The predicted octanol–water partition coefficient (Wildman–Crippen LogP) is 2.54. The minimum Gasteiger partial charge on any atom is -0.424 e. The number of cyclic esters (lactones) is 1. The normalized spacial score (nSPS) is 19.4. The zero-order chi connectivity index (χ0) is 27.4. The number of halogens is 2. The first kappa shape index (κ1) is 27.3. The van der Waals surface area contributed by atoms with E-state index in [1.165, 1.54) is 17.9 Å². The molecule has 0 radical (unpaired) electrons. The summed E-state index contributed by atoms with van der Waals surface area (Å²) in [6.45, 7) is 2.84. The van der Waals surface area contributed by atoms with Crippen LogP contribution in [0.2, 0.25) is 5.02 Å². The van der Waals surface area contributed by atoms with Gasteiger partial charge in [-0.1, -0.05) is 11.6 Å². The fourth-order valence-electron chi connectivity index (χ4n) is 4.43. The van der Waals surface area contributed by atoms with E-state index in [4.69, 9.17) is 22.1 Å². The molecule has 2 aliphatic rings. The summed E-state index contributed by atoms with van der Waals surface area (Å²) < 4.78 is 20.3. The van der Waals surface area contributed by atoms with Gasteiger partial charge in [-0.25, -0.2) is 9.18 Å². The molecule has 0 unspecified atom stereocenters. The number of ether oxygens (including phenoxy) is 1. The summed E-state index contributed by atoms with van der Waals surface area (Å²) in [6.07, 6.45) is -0.530. The van der Waals surface area contributed by atoms with E-state index >= 15 is 4.39 Å². The molecule has 38 heavy (non-hydrogen) atoms. The molecule has 3 N–H and O–H groups in total. The van der Waals surface area contributed by atoms with Crippen LogP contribution in [0.15, 0.2) is 42.5 Å². The lowest BCUT2D eigenvalue weighted by atomic mass is 10.1. The minimum absolute atomic E-state index is 0.0494. The molecule has 2 aromatic carbocycles. The van der Waals surface area contributed by atoms with E-state index in [1.54, 1.807) is 41.3 Å². The molecule has 3 amide bonds. The van der Waals surface area contributed by atoms with Crippen LogP contribution in [-0.2, 0) is 14.3 Å². The number of nitrogens with two attached hydrogens (primary N) is 1. The summed E-state index contributed by atoms with van der Waals surface area (Å²) >= 11 is 5.85. The monoisotopic (exact) mass is 545 g/mol. The van der Waals surface area contributed by atoms with Crippen molar-refractivity contribution >= 4 is 46.7 Å². The van der Waals surface area contributed by atoms with E-state index in [0.29, 0.717) is 42.5 Å². The lowest BCUT2D eigenvalue weighted by molar-refractivity contribution is -0.131. The second-order valence-corrected chi connectivity index (χ2v) is 9.80. The van der Waals surface area contributed by atoms with Gasteiger partial charge >= 0.3 is 6.09 Å². The summed E-state index contributed by atoms with van der Waals surface area (Å²) in [4.78, 5) is 53.2. The second kappa shape index (κ2) is 11.4. The Kier molecular flexibility index (Phi) is 8.17. The van der Waals surface area contributed by atoms with Gasteiger partial charge in [0.05, 0.1) is 24.5 Å². The summed E-state index contributed by atoms with van der Waals surface area (Å²) in [5, 5.41) is 3.06. The zero-order valence-corrected chi connectivity index (χ0v) is 21.7. The quantitative estimate of drug-likeness (QED) is 0.488. The number of ketones is 1. The molecule has 2 fully saturated rings. The summed E-state index contributed by atoms with van der Waals surface area (Å²) in [6, 6.07) is 11.0. The van der Waals surface area contributed by atoms with Gasteiger partial charge in [0.15, 0.2) is 11.5 Å². The van der Waals surface area contributed by atoms with Gasteiger partial charge in [0.25, 0.3) is 0 Å². The molecule has 202 valence electrons. The number of carbonyl (C=O) groups excluding carboxylic acids is 4. The average Bonchev–Trinajstić information content (AvgIpc) is 3.20. The Balaban J connectivity index is 1.30. The van der Waals surface area contributed by atoms with Crippen LogP contribution in [-0.4, -0.2) is 73.6 Å². The van der Waals surface area contributed by atoms with Crippen LogP contribution in [0.3, 0.4) is 0 Å². The standard InChI is InChI=1S/C26H29ClFN5O5/c1-17(34)30-15-26(29)16-33(25(37)38-26)20-6-7-22(21(28)14-20)31-10-12-32(13-11-31)24(36)9-8-23(35)18-2-4-19(27)5-3-18/h2-7,14H,8-13,15-16,29H2,1H3,(H,30,34)/t26-/m0/s1. The largest absolute Gasteiger partial charge is 0.424 e. The van der Waals surface area contributed by atoms with E-state index in [-0.39, 0.29) is 49.2 Å². The van der Waals surface area contributed by atoms with Crippen molar-refractivity contribution in [3.05, 3.63) is 58.9 Å². The van der Waals surface area contributed by atoms with Crippen molar-refractivity contribution in [2.75, 3.05) is 49.1 Å². The molecule has 1 atom stereocenters. The molecule has 0 spiro atoms. The molecule has 2 aromatic rings. The second-order valence-electron chi connectivity index (χ2n) is 9.36. The Hall–Kier alpha value is -3.70. The number of rotatable bonds is 8. The van der Waals surface area contributed by atoms with Crippen molar-refractivity contribution in [2.45, 2.75) is 25.5 Å². The van der Waals surface area contributed by atoms with Crippen LogP contribution >= 0.6 is 11.6 Å². The third kappa shape index (κ3) is 6.40. The third-order valence-corrected chi connectivity index (χ3v) is 6.77. The Morgan fingerprint density at radius 1 is 1.08 bits per heavy atom. The SMILES string of the molecule is CC(=O)NC[C@@]1(N)CN(c2ccc(N3CCN(C(=O)CCC(=O)c4ccc(Cl)cc4)CC3)c(F)c2)C(=O)O1.